The Morgan fingerprint density at radius 2 is 1.93 bits per heavy atom. The number of rotatable bonds is 9. The molecule has 152 valence electrons. The Hall–Kier alpha value is -2.24. The summed E-state index contributed by atoms with van der Waals surface area (Å²) in [6.07, 6.45) is 0.0126. The molecule has 0 aliphatic carbocycles. The molecule has 1 atom stereocenters. The normalized spacial score (nSPS) is 12.0. The van der Waals surface area contributed by atoms with Crippen LogP contribution in [0.2, 0.25) is 5.02 Å². The number of halogens is 2. The number of amides is 1. The molecule has 3 nitrogen and oxygen atoms in total. The summed E-state index contributed by atoms with van der Waals surface area (Å²) in [5.74, 6) is 1.35. The van der Waals surface area contributed by atoms with Gasteiger partial charge in [-0.05, 0) is 41.5 Å². The Balaban J connectivity index is 1.47. The second-order valence-corrected chi connectivity index (χ2v) is 8.08. The molecule has 3 aromatic carbocycles. The predicted octanol–water partition coefficient (Wildman–Crippen LogP) is 5.84. The average Bonchev–Trinajstić information content (AvgIpc) is 2.73. The standard InChI is InChI=1S/C23H23ClFNO2S/c1-2-22(28-18-11-10-16-6-3-4-7-17(16)14-18)23(27)26-12-13-29-15-19-20(24)8-5-9-21(19)25/h3-11,14,22H,2,12-13,15H2,1H3,(H,26,27). The molecule has 1 N–H and O–H groups in total. The lowest BCUT2D eigenvalue weighted by molar-refractivity contribution is -0.127. The van der Waals surface area contributed by atoms with Gasteiger partial charge in [-0.25, -0.2) is 4.39 Å². The van der Waals surface area contributed by atoms with Gasteiger partial charge >= 0.3 is 0 Å². The third-order valence-electron chi connectivity index (χ3n) is 4.52. The minimum Gasteiger partial charge on any atom is -0.481 e. The zero-order valence-electron chi connectivity index (χ0n) is 16.2. The van der Waals surface area contributed by atoms with Gasteiger partial charge in [0.05, 0.1) is 0 Å². The summed E-state index contributed by atoms with van der Waals surface area (Å²) in [7, 11) is 0. The first-order valence-corrected chi connectivity index (χ1v) is 11.1. The van der Waals surface area contributed by atoms with Gasteiger partial charge in [0.2, 0.25) is 0 Å². The van der Waals surface area contributed by atoms with Crippen LogP contribution in [0.5, 0.6) is 5.75 Å². The maximum absolute atomic E-state index is 13.8. The molecule has 3 rings (SSSR count). The summed E-state index contributed by atoms with van der Waals surface area (Å²) < 4.78 is 19.7. The average molecular weight is 432 g/mol. The number of fused-ring (bicyclic) bond motifs is 1. The maximum atomic E-state index is 13.8. The topological polar surface area (TPSA) is 38.3 Å². The van der Waals surface area contributed by atoms with E-state index in [-0.39, 0.29) is 11.7 Å². The Morgan fingerprint density at radius 3 is 2.69 bits per heavy atom. The lowest BCUT2D eigenvalue weighted by Gasteiger charge is -2.17. The number of carbonyl (C=O) groups excluding carboxylic acids is 1. The van der Waals surface area contributed by atoms with E-state index < -0.39 is 6.10 Å². The third-order valence-corrected chi connectivity index (χ3v) is 5.86. The van der Waals surface area contributed by atoms with Crippen LogP contribution in [-0.2, 0) is 10.5 Å². The highest BCUT2D eigenvalue weighted by atomic mass is 35.5. The van der Waals surface area contributed by atoms with E-state index in [0.29, 0.717) is 40.8 Å². The maximum Gasteiger partial charge on any atom is 0.261 e. The summed E-state index contributed by atoms with van der Waals surface area (Å²) in [6, 6.07) is 18.5. The SMILES string of the molecule is CCC(Oc1ccc2ccccc2c1)C(=O)NCCSCc1c(F)cccc1Cl. The fourth-order valence-electron chi connectivity index (χ4n) is 2.93. The van der Waals surface area contributed by atoms with Gasteiger partial charge in [-0.1, -0.05) is 54.9 Å². The van der Waals surface area contributed by atoms with Crippen molar-refractivity contribution in [1.82, 2.24) is 5.32 Å². The first-order valence-electron chi connectivity index (χ1n) is 9.52. The van der Waals surface area contributed by atoms with Gasteiger partial charge in [-0.2, -0.15) is 11.8 Å². The molecule has 0 spiro atoms. The van der Waals surface area contributed by atoms with Crippen LogP contribution in [0, 0.1) is 5.82 Å². The number of ether oxygens (including phenoxy) is 1. The van der Waals surface area contributed by atoms with Crippen molar-refractivity contribution < 1.29 is 13.9 Å². The van der Waals surface area contributed by atoms with E-state index in [2.05, 4.69) is 5.32 Å². The van der Waals surface area contributed by atoms with Crippen LogP contribution in [0.3, 0.4) is 0 Å². The molecule has 0 heterocycles. The molecule has 0 aliphatic rings. The summed E-state index contributed by atoms with van der Waals surface area (Å²) in [5.41, 5.74) is 0.497. The van der Waals surface area contributed by atoms with Crippen LogP contribution < -0.4 is 10.1 Å². The fourth-order valence-corrected chi connectivity index (χ4v) is 4.13. The quantitative estimate of drug-likeness (QED) is 0.432. The summed E-state index contributed by atoms with van der Waals surface area (Å²) in [6.45, 7) is 2.40. The van der Waals surface area contributed by atoms with Gasteiger partial charge in [0.15, 0.2) is 6.10 Å². The summed E-state index contributed by atoms with van der Waals surface area (Å²) in [5, 5.41) is 5.52. The van der Waals surface area contributed by atoms with Crippen LogP contribution in [0.25, 0.3) is 10.8 Å². The highest BCUT2D eigenvalue weighted by molar-refractivity contribution is 7.98. The van der Waals surface area contributed by atoms with E-state index in [0.717, 1.165) is 10.8 Å². The minimum absolute atomic E-state index is 0.148. The van der Waals surface area contributed by atoms with Crippen LogP contribution >= 0.6 is 23.4 Å². The van der Waals surface area contributed by atoms with Crippen molar-refractivity contribution in [3.63, 3.8) is 0 Å². The molecule has 6 heteroatoms. The molecule has 29 heavy (non-hydrogen) atoms. The first kappa shape index (κ1) is 21.5. The number of benzene rings is 3. The molecule has 0 bridgehead atoms. The van der Waals surface area contributed by atoms with Crippen molar-refractivity contribution in [3.8, 4) is 5.75 Å². The van der Waals surface area contributed by atoms with Gasteiger partial charge in [0.1, 0.15) is 11.6 Å². The fraction of sp³-hybridized carbons (Fsp3) is 0.261. The molecular weight excluding hydrogens is 409 g/mol. The Labute approximate surface area is 179 Å². The molecule has 1 amide bonds. The van der Waals surface area contributed by atoms with Crippen molar-refractivity contribution in [2.45, 2.75) is 25.2 Å². The van der Waals surface area contributed by atoms with Gasteiger partial charge < -0.3 is 10.1 Å². The Morgan fingerprint density at radius 1 is 1.14 bits per heavy atom. The van der Waals surface area contributed by atoms with Gasteiger partial charge in [0.25, 0.3) is 5.91 Å². The van der Waals surface area contributed by atoms with E-state index in [1.807, 2.05) is 49.4 Å². The highest BCUT2D eigenvalue weighted by Crippen LogP contribution is 2.24. The zero-order chi connectivity index (χ0) is 20.6. The number of nitrogens with one attached hydrogen (secondary N) is 1. The van der Waals surface area contributed by atoms with Crippen LogP contribution in [0.1, 0.15) is 18.9 Å². The number of carbonyl (C=O) groups is 1. The molecule has 0 radical (unpaired) electrons. The van der Waals surface area contributed by atoms with E-state index in [1.54, 1.807) is 12.1 Å². The minimum atomic E-state index is -0.554. The van der Waals surface area contributed by atoms with Crippen molar-refractivity contribution in [2.75, 3.05) is 12.3 Å². The predicted molar refractivity (Wildman–Crippen MR) is 119 cm³/mol. The Bertz CT molecular complexity index is 962. The second-order valence-electron chi connectivity index (χ2n) is 6.57. The monoisotopic (exact) mass is 431 g/mol. The van der Waals surface area contributed by atoms with Crippen LogP contribution in [-0.4, -0.2) is 24.3 Å². The van der Waals surface area contributed by atoms with Crippen LogP contribution in [0.15, 0.2) is 60.7 Å². The molecule has 0 fully saturated rings. The highest BCUT2D eigenvalue weighted by Gasteiger charge is 2.18. The van der Waals surface area contributed by atoms with Crippen molar-refractivity contribution in [2.24, 2.45) is 0 Å². The van der Waals surface area contributed by atoms with Crippen molar-refractivity contribution >= 4 is 40.0 Å². The summed E-state index contributed by atoms with van der Waals surface area (Å²) in [4.78, 5) is 12.5. The molecule has 0 aromatic heterocycles. The van der Waals surface area contributed by atoms with Gasteiger partial charge in [0, 0.05) is 28.6 Å². The lowest BCUT2D eigenvalue weighted by Crippen LogP contribution is -2.39. The number of hydrogen-bond donors (Lipinski definition) is 1. The van der Waals surface area contributed by atoms with E-state index in [1.165, 1.54) is 17.8 Å². The largest absolute Gasteiger partial charge is 0.481 e. The molecule has 1 unspecified atom stereocenters. The molecule has 0 saturated carbocycles. The molecule has 0 aliphatic heterocycles. The zero-order valence-corrected chi connectivity index (χ0v) is 17.7. The van der Waals surface area contributed by atoms with Crippen molar-refractivity contribution in [3.05, 3.63) is 77.1 Å². The van der Waals surface area contributed by atoms with E-state index in [4.69, 9.17) is 16.3 Å². The first-order chi connectivity index (χ1) is 14.1. The van der Waals surface area contributed by atoms with E-state index >= 15 is 0 Å². The molecule has 3 aromatic rings. The third kappa shape index (κ3) is 5.87. The summed E-state index contributed by atoms with van der Waals surface area (Å²) >= 11 is 7.55. The second kappa shape index (κ2) is 10.5. The lowest BCUT2D eigenvalue weighted by atomic mass is 10.1. The molecule has 0 saturated heterocycles. The van der Waals surface area contributed by atoms with Gasteiger partial charge in [-0.15, -0.1) is 0 Å². The Kier molecular flexibility index (Phi) is 7.78. The van der Waals surface area contributed by atoms with Crippen LogP contribution in [0.4, 0.5) is 4.39 Å². The molecular formula is C23H23ClFNO2S. The number of hydrogen-bond acceptors (Lipinski definition) is 3. The number of thioether (sulfide) groups is 1. The van der Waals surface area contributed by atoms with E-state index in [9.17, 15) is 9.18 Å². The van der Waals surface area contributed by atoms with Crippen molar-refractivity contribution in [1.29, 1.82) is 0 Å². The smallest absolute Gasteiger partial charge is 0.261 e. The van der Waals surface area contributed by atoms with Gasteiger partial charge in [-0.3, -0.25) is 4.79 Å².